The molecule has 2 N–H and O–H groups in total. The Labute approximate surface area is 155 Å². The zero-order valence-electron chi connectivity index (χ0n) is 12.8. The van der Waals surface area contributed by atoms with Gasteiger partial charge in [-0.25, -0.2) is 22.2 Å². The molecule has 0 aliphatic rings. The van der Waals surface area contributed by atoms with Gasteiger partial charge in [-0.3, -0.25) is 15.6 Å². The maximum atomic E-state index is 13.6. The molecule has 1 amide bonds. The van der Waals surface area contributed by atoms with Crippen LogP contribution in [0.3, 0.4) is 0 Å². The standard InChI is InChI=1S/C15H10ClF2N3O3S2/c16-8-1-3-10(4-2-8)26(23,24)7-13(22)20-21-15-19-14-11(18)5-9(17)6-12(14)25-15/h1-6H,7H2,(H,19,21)(H,20,22). The molecule has 26 heavy (non-hydrogen) atoms. The highest BCUT2D eigenvalue weighted by atomic mass is 35.5. The molecule has 136 valence electrons. The molecule has 1 aromatic heterocycles. The zero-order chi connectivity index (χ0) is 18.9. The lowest BCUT2D eigenvalue weighted by atomic mass is 10.3. The molecule has 3 rings (SSSR count). The number of anilines is 1. The highest BCUT2D eigenvalue weighted by Crippen LogP contribution is 2.28. The largest absolute Gasteiger partial charge is 0.273 e. The Kier molecular flexibility index (Phi) is 5.08. The van der Waals surface area contributed by atoms with E-state index in [1.54, 1.807) is 0 Å². The van der Waals surface area contributed by atoms with Crippen molar-refractivity contribution >= 4 is 54.0 Å². The molecule has 0 unspecified atom stereocenters. The second-order valence-electron chi connectivity index (χ2n) is 5.14. The fourth-order valence-corrected chi connectivity index (χ4v) is 4.19. The van der Waals surface area contributed by atoms with Crippen molar-refractivity contribution in [2.75, 3.05) is 11.2 Å². The Morgan fingerprint density at radius 1 is 1.19 bits per heavy atom. The van der Waals surface area contributed by atoms with Gasteiger partial charge in [0.15, 0.2) is 15.7 Å². The summed E-state index contributed by atoms with van der Waals surface area (Å²) in [5.74, 6) is -3.23. The van der Waals surface area contributed by atoms with Gasteiger partial charge in [0.05, 0.1) is 9.60 Å². The lowest BCUT2D eigenvalue weighted by molar-refractivity contribution is -0.118. The topological polar surface area (TPSA) is 88.2 Å². The number of thiazole rings is 1. The number of aromatic nitrogens is 1. The first-order valence-corrected chi connectivity index (χ1v) is 9.88. The van der Waals surface area contributed by atoms with Gasteiger partial charge < -0.3 is 0 Å². The predicted molar refractivity (Wildman–Crippen MR) is 94.8 cm³/mol. The van der Waals surface area contributed by atoms with Gasteiger partial charge in [0.2, 0.25) is 5.13 Å². The zero-order valence-corrected chi connectivity index (χ0v) is 15.2. The number of nitrogens with one attached hydrogen (secondary N) is 2. The highest BCUT2D eigenvalue weighted by Gasteiger charge is 2.19. The van der Waals surface area contributed by atoms with Gasteiger partial charge in [-0.05, 0) is 30.3 Å². The molecule has 0 bridgehead atoms. The number of carbonyl (C=O) groups is 1. The Morgan fingerprint density at radius 3 is 2.58 bits per heavy atom. The van der Waals surface area contributed by atoms with Crippen molar-refractivity contribution in [3.63, 3.8) is 0 Å². The van der Waals surface area contributed by atoms with Gasteiger partial charge in [0.1, 0.15) is 17.1 Å². The number of amides is 1. The summed E-state index contributed by atoms with van der Waals surface area (Å²) < 4.78 is 51.3. The van der Waals surface area contributed by atoms with Gasteiger partial charge in [-0.1, -0.05) is 22.9 Å². The number of sulfone groups is 1. The number of rotatable bonds is 5. The van der Waals surface area contributed by atoms with Crippen molar-refractivity contribution in [3.05, 3.63) is 53.1 Å². The number of nitrogens with zero attached hydrogens (tertiary/aromatic N) is 1. The van der Waals surface area contributed by atoms with Crippen molar-refractivity contribution in [2.45, 2.75) is 4.90 Å². The molecular formula is C15H10ClF2N3O3S2. The molecule has 2 aromatic carbocycles. The Balaban J connectivity index is 1.67. The van der Waals surface area contributed by atoms with Crippen molar-refractivity contribution in [2.24, 2.45) is 0 Å². The van der Waals surface area contributed by atoms with Crippen molar-refractivity contribution < 1.29 is 22.0 Å². The molecule has 6 nitrogen and oxygen atoms in total. The smallest absolute Gasteiger partial charge is 0.253 e. The first kappa shape index (κ1) is 18.5. The van der Waals surface area contributed by atoms with E-state index < -0.39 is 33.1 Å². The molecule has 0 radical (unpaired) electrons. The SMILES string of the molecule is O=C(CS(=O)(=O)c1ccc(Cl)cc1)NNc1nc2c(F)cc(F)cc2s1. The maximum Gasteiger partial charge on any atom is 0.253 e. The first-order valence-electron chi connectivity index (χ1n) is 7.03. The monoisotopic (exact) mass is 417 g/mol. The van der Waals surface area contributed by atoms with Gasteiger partial charge in [-0.2, -0.15) is 0 Å². The van der Waals surface area contributed by atoms with Gasteiger partial charge in [0.25, 0.3) is 5.91 Å². The lowest BCUT2D eigenvalue weighted by Crippen LogP contribution is -2.34. The van der Waals surface area contributed by atoms with E-state index in [4.69, 9.17) is 11.6 Å². The maximum absolute atomic E-state index is 13.6. The molecule has 0 spiro atoms. The number of halogens is 3. The number of hydrazine groups is 1. The van der Waals surface area contributed by atoms with Crippen LogP contribution in [0.1, 0.15) is 0 Å². The minimum absolute atomic E-state index is 0.0467. The van der Waals surface area contributed by atoms with Crippen molar-refractivity contribution in [3.8, 4) is 0 Å². The fourth-order valence-electron chi connectivity index (χ4n) is 2.07. The van der Waals surface area contributed by atoms with Gasteiger partial charge >= 0.3 is 0 Å². The third kappa shape index (κ3) is 4.09. The van der Waals surface area contributed by atoms with Crippen LogP contribution in [0.15, 0.2) is 41.3 Å². The van der Waals surface area contributed by atoms with Crippen LogP contribution in [-0.4, -0.2) is 25.1 Å². The molecule has 11 heteroatoms. The normalized spacial score (nSPS) is 11.5. The van der Waals surface area contributed by atoms with E-state index in [-0.39, 0.29) is 20.2 Å². The first-order chi connectivity index (χ1) is 12.2. The molecular weight excluding hydrogens is 408 g/mol. The summed E-state index contributed by atoms with van der Waals surface area (Å²) >= 11 is 6.60. The summed E-state index contributed by atoms with van der Waals surface area (Å²) in [7, 11) is -3.85. The van der Waals surface area contributed by atoms with Crippen molar-refractivity contribution in [1.82, 2.24) is 10.4 Å². The van der Waals surface area contributed by atoms with E-state index in [1.807, 2.05) is 0 Å². The Hall–Kier alpha value is -2.30. The highest BCUT2D eigenvalue weighted by molar-refractivity contribution is 7.92. The van der Waals surface area contributed by atoms with Crippen molar-refractivity contribution in [1.29, 1.82) is 0 Å². The lowest BCUT2D eigenvalue weighted by Gasteiger charge is -2.06. The molecule has 0 saturated carbocycles. The summed E-state index contributed by atoms with van der Waals surface area (Å²) in [6, 6.07) is 7.20. The number of carbonyl (C=O) groups excluding carboxylic acids is 1. The average molecular weight is 418 g/mol. The number of hydrogen-bond acceptors (Lipinski definition) is 6. The molecule has 0 saturated heterocycles. The average Bonchev–Trinajstić information content (AvgIpc) is 2.96. The van der Waals surface area contributed by atoms with Gasteiger partial charge in [-0.15, -0.1) is 0 Å². The third-order valence-corrected chi connectivity index (χ3v) is 6.02. The summed E-state index contributed by atoms with van der Waals surface area (Å²) in [5, 5.41) is 0.455. The summed E-state index contributed by atoms with van der Waals surface area (Å²) in [6.45, 7) is 0. The van der Waals surface area contributed by atoms with Crippen LogP contribution in [0.25, 0.3) is 10.2 Å². The quantitative estimate of drug-likeness (QED) is 0.623. The number of benzene rings is 2. The van der Waals surface area contributed by atoms with Crippen LogP contribution >= 0.6 is 22.9 Å². The molecule has 0 aliphatic heterocycles. The minimum atomic E-state index is -3.85. The van der Waals surface area contributed by atoms with E-state index in [2.05, 4.69) is 15.8 Å². The molecule has 0 fully saturated rings. The molecule has 0 atom stereocenters. The van der Waals surface area contributed by atoms with Crippen LogP contribution < -0.4 is 10.9 Å². The fraction of sp³-hybridized carbons (Fsp3) is 0.0667. The van der Waals surface area contributed by atoms with Gasteiger partial charge in [0, 0.05) is 11.1 Å². The second-order valence-corrected chi connectivity index (χ2v) is 8.60. The molecule has 0 aliphatic carbocycles. The van der Waals surface area contributed by atoms with E-state index in [0.29, 0.717) is 11.1 Å². The van der Waals surface area contributed by atoms with Crippen LogP contribution in [0.2, 0.25) is 5.02 Å². The number of hydrogen-bond donors (Lipinski definition) is 2. The van der Waals surface area contributed by atoms with E-state index in [1.165, 1.54) is 24.3 Å². The van der Waals surface area contributed by atoms with Crippen LogP contribution in [0.5, 0.6) is 0 Å². The van der Waals surface area contributed by atoms with Crippen LogP contribution in [0.4, 0.5) is 13.9 Å². The van der Waals surface area contributed by atoms with Crippen LogP contribution in [-0.2, 0) is 14.6 Å². The summed E-state index contributed by atoms with van der Waals surface area (Å²) in [6.07, 6.45) is 0. The second kappa shape index (κ2) is 7.14. The minimum Gasteiger partial charge on any atom is -0.273 e. The third-order valence-electron chi connectivity index (χ3n) is 3.22. The summed E-state index contributed by atoms with van der Waals surface area (Å²) in [5.41, 5.74) is 4.51. The molecule has 1 heterocycles. The molecule has 3 aromatic rings. The predicted octanol–water partition coefficient (Wildman–Crippen LogP) is 3.14. The Bertz CT molecular complexity index is 1090. The van der Waals surface area contributed by atoms with Crippen LogP contribution in [0, 0.1) is 11.6 Å². The van der Waals surface area contributed by atoms with E-state index in [0.717, 1.165) is 17.4 Å². The van der Waals surface area contributed by atoms with E-state index >= 15 is 0 Å². The number of fused-ring (bicyclic) bond motifs is 1. The van der Waals surface area contributed by atoms with E-state index in [9.17, 15) is 22.0 Å². The summed E-state index contributed by atoms with van der Waals surface area (Å²) in [4.78, 5) is 15.7. The Morgan fingerprint density at radius 2 is 1.88 bits per heavy atom.